The molecule has 0 aromatic carbocycles. The summed E-state index contributed by atoms with van der Waals surface area (Å²) in [4.78, 5) is 11.9. The average Bonchev–Trinajstić information content (AvgIpc) is 2.94. The van der Waals surface area contributed by atoms with E-state index in [0.717, 1.165) is 0 Å². The molecule has 3 nitrogen and oxygen atoms in total. The van der Waals surface area contributed by atoms with Crippen LogP contribution in [0.4, 0.5) is 0 Å². The van der Waals surface area contributed by atoms with Crippen LogP contribution in [0.15, 0.2) is 0 Å². The van der Waals surface area contributed by atoms with E-state index in [0.29, 0.717) is 0 Å². The lowest BCUT2D eigenvalue weighted by molar-refractivity contribution is -0.158. The van der Waals surface area contributed by atoms with Crippen molar-refractivity contribution in [2.75, 3.05) is 7.11 Å². The molecule has 1 unspecified atom stereocenters. The highest BCUT2D eigenvalue weighted by molar-refractivity contribution is 5.77. The van der Waals surface area contributed by atoms with E-state index in [9.17, 15) is 4.79 Å². The maximum absolute atomic E-state index is 11.9. The van der Waals surface area contributed by atoms with Crippen molar-refractivity contribution in [2.45, 2.75) is 60.7 Å². The van der Waals surface area contributed by atoms with Crippen LogP contribution >= 0.6 is 0 Å². The second kappa shape index (κ2) is 3.98. The molecule has 17 heavy (non-hydrogen) atoms. The van der Waals surface area contributed by atoms with Gasteiger partial charge in [-0.05, 0) is 19.3 Å². The van der Waals surface area contributed by atoms with Crippen molar-refractivity contribution in [1.29, 1.82) is 0 Å². The van der Waals surface area contributed by atoms with Crippen molar-refractivity contribution in [2.24, 2.45) is 16.2 Å². The minimum absolute atomic E-state index is 0.119. The highest BCUT2D eigenvalue weighted by Crippen LogP contribution is 2.54. The van der Waals surface area contributed by atoms with Crippen LogP contribution in [-0.4, -0.2) is 25.3 Å². The Morgan fingerprint density at radius 3 is 1.76 bits per heavy atom. The monoisotopic (exact) mass is 242 g/mol. The molecule has 1 saturated heterocycles. The summed E-state index contributed by atoms with van der Waals surface area (Å²) in [5.74, 6) is -0.175. The standard InChI is InChI=1S/C14H26O3/c1-12(2,3)9-10(17-9)13(4,5)14(6,7)11(15)16-8/h9-10H,1-8H3/t9?,10-/m1/s1. The third kappa shape index (κ3) is 2.35. The van der Waals surface area contributed by atoms with Gasteiger partial charge in [0, 0.05) is 5.41 Å². The Morgan fingerprint density at radius 1 is 1.00 bits per heavy atom. The summed E-state index contributed by atoms with van der Waals surface area (Å²) in [6, 6.07) is 0. The minimum atomic E-state index is -0.549. The Labute approximate surface area is 105 Å². The first-order chi connectivity index (χ1) is 7.46. The average molecular weight is 242 g/mol. The van der Waals surface area contributed by atoms with Crippen LogP contribution < -0.4 is 0 Å². The number of hydrogen-bond donors (Lipinski definition) is 0. The number of hydrogen-bond acceptors (Lipinski definition) is 3. The number of rotatable bonds is 3. The second-order valence-electron chi connectivity index (χ2n) is 7.18. The van der Waals surface area contributed by atoms with Crippen LogP contribution in [0.3, 0.4) is 0 Å². The summed E-state index contributed by atoms with van der Waals surface area (Å²) in [5.41, 5.74) is -0.668. The molecule has 0 radical (unpaired) electrons. The molecule has 0 aromatic heterocycles. The molecule has 1 rings (SSSR count). The zero-order valence-electron chi connectivity index (χ0n) is 12.4. The fraction of sp³-hybridized carbons (Fsp3) is 0.929. The van der Waals surface area contributed by atoms with Gasteiger partial charge in [-0.1, -0.05) is 34.6 Å². The molecule has 0 spiro atoms. The van der Waals surface area contributed by atoms with Gasteiger partial charge in [0.25, 0.3) is 0 Å². The number of methoxy groups -OCH3 is 1. The SMILES string of the molecule is COC(=O)C(C)(C)C(C)(C)[C@@H]1OC1C(C)(C)C. The van der Waals surface area contributed by atoms with Crippen molar-refractivity contribution in [3.63, 3.8) is 0 Å². The molecule has 0 bridgehead atoms. The minimum Gasteiger partial charge on any atom is -0.469 e. The normalized spacial score (nSPS) is 25.6. The van der Waals surface area contributed by atoms with E-state index in [-0.39, 0.29) is 29.0 Å². The van der Waals surface area contributed by atoms with Gasteiger partial charge in [-0.25, -0.2) is 0 Å². The molecule has 0 aliphatic carbocycles. The van der Waals surface area contributed by atoms with Gasteiger partial charge < -0.3 is 9.47 Å². The van der Waals surface area contributed by atoms with Gasteiger partial charge in [-0.15, -0.1) is 0 Å². The molecule has 0 saturated carbocycles. The highest BCUT2D eigenvalue weighted by Gasteiger charge is 2.61. The molecule has 1 fully saturated rings. The topological polar surface area (TPSA) is 38.8 Å². The van der Waals surface area contributed by atoms with Gasteiger partial charge in [0.05, 0.1) is 24.7 Å². The van der Waals surface area contributed by atoms with E-state index < -0.39 is 5.41 Å². The molecule has 0 amide bonds. The summed E-state index contributed by atoms with van der Waals surface area (Å²) in [7, 11) is 1.44. The van der Waals surface area contributed by atoms with Gasteiger partial charge in [0.15, 0.2) is 0 Å². The van der Waals surface area contributed by atoms with Crippen LogP contribution in [0, 0.1) is 16.2 Å². The lowest BCUT2D eigenvalue weighted by Gasteiger charge is -2.38. The fourth-order valence-electron chi connectivity index (χ4n) is 2.19. The third-order valence-corrected chi connectivity index (χ3v) is 4.36. The maximum Gasteiger partial charge on any atom is 0.311 e. The number of carbonyl (C=O) groups excluding carboxylic acids is 1. The molecule has 2 atom stereocenters. The van der Waals surface area contributed by atoms with E-state index in [4.69, 9.17) is 9.47 Å². The van der Waals surface area contributed by atoms with Crippen LogP contribution in [0.5, 0.6) is 0 Å². The number of ether oxygens (including phenoxy) is 2. The zero-order valence-corrected chi connectivity index (χ0v) is 12.4. The van der Waals surface area contributed by atoms with Crippen LogP contribution in [0.25, 0.3) is 0 Å². The van der Waals surface area contributed by atoms with Crippen molar-refractivity contribution < 1.29 is 14.3 Å². The zero-order chi connectivity index (χ0) is 13.6. The summed E-state index contributed by atoms with van der Waals surface area (Å²) < 4.78 is 10.7. The lowest BCUT2D eigenvalue weighted by atomic mass is 9.64. The molecule has 0 N–H and O–H groups in total. The van der Waals surface area contributed by atoms with Gasteiger partial charge >= 0.3 is 5.97 Å². The van der Waals surface area contributed by atoms with Crippen LogP contribution in [-0.2, 0) is 14.3 Å². The lowest BCUT2D eigenvalue weighted by Crippen LogP contribution is -2.45. The van der Waals surface area contributed by atoms with Gasteiger partial charge in [0.2, 0.25) is 0 Å². The van der Waals surface area contributed by atoms with E-state index in [1.54, 1.807) is 0 Å². The summed E-state index contributed by atoms with van der Waals surface area (Å²) in [5, 5.41) is 0. The van der Waals surface area contributed by atoms with Gasteiger partial charge in [0.1, 0.15) is 0 Å². The Balaban J connectivity index is 2.88. The number of esters is 1. The molecule has 0 aromatic rings. The highest BCUT2D eigenvalue weighted by atomic mass is 16.6. The fourth-order valence-corrected chi connectivity index (χ4v) is 2.19. The Kier molecular flexibility index (Phi) is 3.39. The molecular formula is C14H26O3. The summed E-state index contributed by atoms with van der Waals surface area (Å²) in [6.45, 7) is 14.5. The summed E-state index contributed by atoms with van der Waals surface area (Å²) >= 11 is 0. The predicted octanol–water partition coefficient (Wildman–Crippen LogP) is 3.03. The van der Waals surface area contributed by atoms with Crippen LogP contribution in [0.2, 0.25) is 0 Å². The first kappa shape index (κ1) is 14.5. The first-order valence-electron chi connectivity index (χ1n) is 6.20. The predicted molar refractivity (Wildman–Crippen MR) is 67.7 cm³/mol. The molecular weight excluding hydrogens is 216 g/mol. The van der Waals surface area contributed by atoms with Crippen molar-refractivity contribution >= 4 is 5.97 Å². The molecule has 1 aliphatic rings. The van der Waals surface area contributed by atoms with E-state index in [1.807, 2.05) is 13.8 Å². The Bertz CT molecular complexity index is 310. The smallest absolute Gasteiger partial charge is 0.311 e. The number of epoxide rings is 1. The molecule has 100 valence electrons. The van der Waals surface area contributed by atoms with Crippen molar-refractivity contribution in [1.82, 2.24) is 0 Å². The second-order valence-corrected chi connectivity index (χ2v) is 7.18. The van der Waals surface area contributed by atoms with Crippen molar-refractivity contribution in [3.8, 4) is 0 Å². The van der Waals surface area contributed by atoms with Gasteiger partial charge in [-0.2, -0.15) is 0 Å². The largest absolute Gasteiger partial charge is 0.469 e. The van der Waals surface area contributed by atoms with E-state index >= 15 is 0 Å². The first-order valence-corrected chi connectivity index (χ1v) is 6.20. The van der Waals surface area contributed by atoms with E-state index in [2.05, 4.69) is 34.6 Å². The van der Waals surface area contributed by atoms with Gasteiger partial charge in [-0.3, -0.25) is 4.79 Å². The van der Waals surface area contributed by atoms with Crippen LogP contribution in [0.1, 0.15) is 48.5 Å². The number of carbonyl (C=O) groups is 1. The Morgan fingerprint density at radius 2 is 1.47 bits per heavy atom. The molecule has 1 aliphatic heterocycles. The molecule has 3 heteroatoms. The van der Waals surface area contributed by atoms with E-state index in [1.165, 1.54) is 7.11 Å². The quantitative estimate of drug-likeness (QED) is 0.564. The molecule has 1 heterocycles. The van der Waals surface area contributed by atoms with Crippen molar-refractivity contribution in [3.05, 3.63) is 0 Å². The maximum atomic E-state index is 11.9. The third-order valence-electron chi connectivity index (χ3n) is 4.36. The Hall–Kier alpha value is -0.570. The summed E-state index contributed by atoms with van der Waals surface area (Å²) in [6.07, 6.45) is 0.345.